The van der Waals surface area contributed by atoms with Gasteiger partial charge >= 0.3 is 0 Å². The summed E-state index contributed by atoms with van der Waals surface area (Å²) >= 11 is 1.80. The van der Waals surface area contributed by atoms with Gasteiger partial charge in [-0.05, 0) is 6.26 Å². The Morgan fingerprint density at radius 3 is 2.50 bits per heavy atom. The van der Waals surface area contributed by atoms with E-state index in [2.05, 4.69) is 6.26 Å². The highest BCUT2D eigenvalue weighted by Crippen LogP contribution is 1.87. The number of hydrogen-bond acceptors (Lipinski definition) is 2. The number of ether oxygens (including phenoxy) is 1. The Morgan fingerprint density at radius 2 is 2.33 bits per heavy atom. The van der Waals surface area contributed by atoms with Gasteiger partial charge < -0.3 is 4.74 Å². The zero-order valence-electron chi connectivity index (χ0n) is 4.23. The van der Waals surface area contributed by atoms with Gasteiger partial charge in [0.05, 0.1) is 6.61 Å². The SMILES string of the molecule is COCCSC. The van der Waals surface area contributed by atoms with Crippen LogP contribution in [-0.2, 0) is 4.74 Å². The lowest BCUT2D eigenvalue weighted by molar-refractivity contribution is 0.219. The van der Waals surface area contributed by atoms with E-state index in [1.807, 2.05) is 0 Å². The van der Waals surface area contributed by atoms with Gasteiger partial charge in [0.2, 0.25) is 0 Å². The number of thioether (sulfide) groups is 1. The van der Waals surface area contributed by atoms with E-state index in [9.17, 15) is 0 Å². The smallest absolute Gasteiger partial charge is 0.0552 e. The first-order valence-corrected chi connectivity index (χ1v) is 3.29. The van der Waals surface area contributed by atoms with Crippen LogP contribution in [0.15, 0.2) is 0 Å². The number of hydrogen-bond donors (Lipinski definition) is 0. The first-order valence-electron chi connectivity index (χ1n) is 1.89. The molecule has 0 aliphatic rings. The largest absolute Gasteiger partial charge is 0.384 e. The Kier molecular flexibility index (Phi) is 5.58. The van der Waals surface area contributed by atoms with Crippen molar-refractivity contribution in [3.8, 4) is 0 Å². The van der Waals surface area contributed by atoms with Crippen molar-refractivity contribution in [1.29, 1.82) is 0 Å². The highest BCUT2D eigenvalue weighted by Gasteiger charge is 1.74. The molecule has 0 N–H and O–H groups in total. The summed E-state index contributed by atoms with van der Waals surface area (Å²) < 4.78 is 4.76. The Labute approximate surface area is 43.1 Å². The van der Waals surface area contributed by atoms with Gasteiger partial charge in [-0.3, -0.25) is 0 Å². The summed E-state index contributed by atoms with van der Waals surface area (Å²) in [5.74, 6) is 1.11. The Bertz CT molecular complexity index is 19.5. The minimum Gasteiger partial charge on any atom is -0.384 e. The van der Waals surface area contributed by atoms with Crippen molar-refractivity contribution in [2.75, 3.05) is 25.7 Å². The lowest BCUT2D eigenvalue weighted by atomic mass is 10.9. The third-order valence-electron chi connectivity index (χ3n) is 0.492. The molecule has 2 heteroatoms. The van der Waals surface area contributed by atoms with E-state index < -0.39 is 0 Å². The van der Waals surface area contributed by atoms with Crippen molar-refractivity contribution in [2.24, 2.45) is 0 Å². The van der Waals surface area contributed by atoms with E-state index in [-0.39, 0.29) is 0 Å². The molecular formula is C4H10OS. The predicted molar refractivity (Wildman–Crippen MR) is 30.3 cm³/mol. The number of rotatable bonds is 3. The molecule has 38 valence electrons. The van der Waals surface area contributed by atoms with E-state index >= 15 is 0 Å². The van der Waals surface area contributed by atoms with Crippen LogP contribution in [0.4, 0.5) is 0 Å². The summed E-state index contributed by atoms with van der Waals surface area (Å²) in [6.07, 6.45) is 2.07. The van der Waals surface area contributed by atoms with Crippen LogP contribution >= 0.6 is 11.8 Å². The van der Waals surface area contributed by atoms with Gasteiger partial charge in [0.1, 0.15) is 0 Å². The first kappa shape index (κ1) is 6.31. The van der Waals surface area contributed by atoms with E-state index in [1.54, 1.807) is 18.9 Å². The zero-order valence-corrected chi connectivity index (χ0v) is 5.05. The summed E-state index contributed by atoms with van der Waals surface area (Å²) in [6, 6.07) is 0. The Morgan fingerprint density at radius 1 is 1.67 bits per heavy atom. The fraction of sp³-hybridized carbons (Fsp3) is 1.00. The molecule has 1 nitrogen and oxygen atoms in total. The minimum absolute atomic E-state index is 0.876. The van der Waals surface area contributed by atoms with E-state index in [0.29, 0.717) is 0 Å². The van der Waals surface area contributed by atoms with Crippen molar-refractivity contribution < 1.29 is 4.74 Å². The molecule has 0 saturated heterocycles. The van der Waals surface area contributed by atoms with Crippen LogP contribution in [0.2, 0.25) is 0 Å². The molecule has 0 amide bonds. The minimum atomic E-state index is 0.876. The second kappa shape index (κ2) is 5.31. The molecule has 0 aromatic rings. The van der Waals surface area contributed by atoms with E-state index in [0.717, 1.165) is 12.4 Å². The van der Waals surface area contributed by atoms with Crippen molar-refractivity contribution in [2.45, 2.75) is 0 Å². The standard InChI is InChI=1S/C4H10OS/c1-5-3-4-6-2/h3-4H2,1-2H3. The Hall–Kier alpha value is 0.310. The topological polar surface area (TPSA) is 9.23 Å². The molecule has 6 heavy (non-hydrogen) atoms. The lowest BCUT2D eigenvalue weighted by Gasteiger charge is -1.89. The molecule has 0 aliphatic carbocycles. The van der Waals surface area contributed by atoms with Crippen LogP contribution in [0.25, 0.3) is 0 Å². The fourth-order valence-corrected chi connectivity index (χ4v) is 0.500. The molecule has 0 atom stereocenters. The van der Waals surface area contributed by atoms with Crippen LogP contribution in [0.5, 0.6) is 0 Å². The van der Waals surface area contributed by atoms with Crippen molar-refractivity contribution in [3.05, 3.63) is 0 Å². The van der Waals surface area contributed by atoms with Crippen molar-refractivity contribution in [1.82, 2.24) is 0 Å². The highest BCUT2D eigenvalue weighted by molar-refractivity contribution is 7.98. The van der Waals surface area contributed by atoms with Gasteiger partial charge in [0.25, 0.3) is 0 Å². The highest BCUT2D eigenvalue weighted by atomic mass is 32.2. The number of methoxy groups -OCH3 is 1. The second-order valence-corrected chi connectivity index (χ2v) is 1.97. The van der Waals surface area contributed by atoms with Gasteiger partial charge in [-0.25, -0.2) is 0 Å². The zero-order chi connectivity index (χ0) is 4.83. The predicted octanol–water partition coefficient (Wildman–Crippen LogP) is 0.996. The molecule has 0 fully saturated rings. The molecule has 0 rings (SSSR count). The molecule has 0 aliphatic heterocycles. The maximum atomic E-state index is 4.76. The summed E-state index contributed by atoms with van der Waals surface area (Å²) in [7, 11) is 1.72. The summed E-state index contributed by atoms with van der Waals surface area (Å²) in [5.41, 5.74) is 0. The molecule has 0 bridgehead atoms. The molecule has 0 unspecified atom stereocenters. The van der Waals surface area contributed by atoms with Crippen LogP contribution < -0.4 is 0 Å². The molecule has 0 radical (unpaired) electrons. The molecule has 0 spiro atoms. The molecule has 0 heterocycles. The van der Waals surface area contributed by atoms with Gasteiger partial charge in [0.15, 0.2) is 0 Å². The molecule has 0 aromatic heterocycles. The third-order valence-corrected chi connectivity index (χ3v) is 1.07. The van der Waals surface area contributed by atoms with Crippen LogP contribution in [0.1, 0.15) is 0 Å². The van der Waals surface area contributed by atoms with E-state index in [4.69, 9.17) is 4.74 Å². The fourth-order valence-electron chi connectivity index (χ4n) is 0.167. The van der Waals surface area contributed by atoms with Crippen molar-refractivity contribution in [3.63, 3.8) is 0 Å². The lowest BCUT2D eigenvalue weighted by Crippen LogP contribution is -1.88. The van der Waals surface area contributed by atoms with Crippen LogP contribution in [-0.4, -0.2) is 25.7 Å². The van der Waals surface area contributed by atoms with Gasteiger partial charge in [-0.15, -0.1) is 0 Å². The van der Waals surface area contributed by atoms with E-state index in [1.165, 1.54) is 0 Å². The maximum absolute atomic E-state index is 4.76. The maximum Gasteiger partial charge on any atom is 0.0552 e. The van der Waals surface area contributed by atoms with Gasteiger partial charge in [-0.2, -0.15) is 11.8 Å². The van der Waals surface area contributed by atoms with Crippen LogP contribution in [0.3, 0.4) is 0 Å². The first-order chi connectivity index (χ1) is 2.91. The third kappa shape index (κ3) is 4.31. The average molecular weight is 106 g/mol. The molecular weight excluding hydrogens is 96.1 g/mol. The molecule has 0 aromatic carbocycles. The second-order valence-electron chi connectivity index (χ2n) is 0.986. The monoisotopic (exact) mass is 106 g/mol. The quantitative estimate of drug-likeness (QED) is 0.496. The van der Waals surface area contributed by atoms with Crippen LogP contribution in [0, 0.1) is 0 Å². The van der Waals surface area contributed by atoms with Crippen molar-refractivity contribution >= 4 is 11.8 Å². The average Bonchev–Trinajstić information content (AvgIpc) is 1.61. The van der Waals surface area contributed by atoms with Gasteiger partial charge in [0, 0.05) is 12.9 Å². The summed E-state index contributed by atoms with van der Waals surface area (Å²) in [6.45, 7) is 0.876. The normalized spacial score (nSPS) is 9.00. The van der Waals surface area contributed by atoms with Gasteiger partial charge in [-0.1, -0.05) is 0 Å². The Balaban J connectivity index is 2.34. The summed E-state index contributed by atoms with van der Waals surface area (Å²) in [5, 5.41) is 0. The summed E-state index contributed by atoms with van der Waals surface area (Å²) in [4.78, 5) is 0. The molecule has 0 saturated carbocycles.